The van der Waals surface area contributed by atoms with E-state index in [4.69, 9.17) is 14.2 Å². The van der Waals surface area contributed by atoms with Gasteiger partial charge in [-0.15, -0.1) is 0 Å². The van der Waals surface area contributed by atoms with Crippen molar-refractivity contribution < 1.29 is 32.2 Å². The summed E-state index contributed by atoms with van der Waals surface area (Å²) in [4.78, 5) is 26.1. The molecule has 172 valence electrons. The zero-order valence-corrected chi connectivity index (χ0v) is 18.8. The van der Waals surface area contributed by atoms with Gasteiger partial charge in [0.05, 0.1) is 18.1 Å². The molecule has 3 rings (SSSR count). The number of nitrogens with zero attached hydrogens (tertiary/aromatic N) is 1. The van der Waals surface area contributed by atoms with Crippen LogP contribution < -0.4 is 19.1 Å². The van der Waals surface area contributed by atoms with E-state index in [2.05, 4.69) is 4.72 Å². The molecule has 0 unspecified atom stereocenters. The largest absolute Gasteiger partial charge is 0.490 e. The van der Waals surface area contributed by atoms with Crippen molar-refractivity contribution >= 4 is 27.6 Å². The topological polar surface area (TPSA) is 111 Å². The van der Waals surface area contributed by atoms with Gasteiger partial charge < -0.3 is 19.1 Å². The number of carbonyl (C=O) groups excluding carboxylic acids is 2. The maximum Gasteiger partial charge on any atom is 0.321 e. The fourth-order valence-electron chi connectivity index (χ4n) is 3.13. The summed E-state index contributed by atoms with van der Waals surface area (Å²) in [6.45, 7) is 3.47. The van der Waals surface area contributed by atoms with Crippen LogP contribution in [0.4, 0.5) is 5.69 Å². The van der Waals surface area contributed by atoms with Crippen molar-refractivity contribution in [3.63, 3.8) is 0 Å². The molecule has 0 spiro atoms. The van der Waals surface area contributed by atoms with Gasteiger partial charge in [-0.2, -0.15) is 4.72 Å². The molecular formula is C22H26N2O7S. The predicted molar refractivity (Wildman–Crippen MR) is 117 cm³/mol. The molecular weight excluding hydrogens is 436 g/mol. The Labute approximate surface area is 187 Å². The molecule has 9 nitrogen and oxygen atoms in total. The highest BCUT2D eigenvalue weighted by molar-refractivity contribution is 7.89. The highest BCUT2D eigenvalue weighted by Gasteiger charge is 2.22. The Hall–Kier alpha value is -3.11. The van der Waals surface area contributed by atoms with Crippen LogP contribution in [0.2, 0.25) is 0 Å². The number of para-hydroxylation sites is 1. The highest BCUT2D eigenvalue weighted by atomic mass is 32.2. The molecule has 0 aliphatic carbocycles. The minimum Gasteiger partial charge on any atom is -0.490 e. The van der Waals surface area contributed by atoms with Gasteiger partial charge in [-0.05, 0) is 38.1 Å². The third-order valence-electron chi connectivity index (χ3n) is 4.61. The van der Waals surface area contributed by atoms with Gasteiger partial charge in [-0.3, -0.25) is 9.59 Å². The monoisotopic (exact) mass is 462 g/mol. The van der Waals surface area contributed by atoms with E-state index in [0.29, 0.717) is 36.8 Å². The molecule has 1 aliphatic heterocycles. The number of sulfonamides is 1. The molecule has 2 aromatic rings. The summed E-state index contributed by atoms with van der Waals surface area (Å²) in [5, 5.41) is 0. The Morgan fingerprint density at radius 2 is 1.75 bits per heavy atom. The van der Waals surface area contributed by atoms with Crippen LogP contribution in [0.1, 0.15) is 20.3 Å². The van der Waals surface area contributed by atoms with Gasteiger partial charge in [0.15, 0.2) is 18.1 Å². The Morgan fingerprint density at radius 1 is 1.06 bits per heavy atom. The number of rotatable bonds is 8. The average Bonchev–Trinajstić information content (AvgIpc) is 3.02. The van der Waals surface area contributed by atoms with Crippen LogP contribution in [0.15, 0.2) is 53.4 Å². The summed E-state index contributed by atoms with van der Waals surface area (Å²) in [6.07, 6.45) is 0.693. The third-order valence-corrected chi connectivity index (χ3v) is 6.01. The van der Waals surface area contributed by atoms with E-state index in [-0.39, 0.29) is 10.9 Å². The van der Waals surface area contributed by atoms with Crippen LogP contribution in [0, 0.1) is 0 Å². The molecule has 0 aromatic heterocycles. The minimum absolute atomic E-state index is 0.0688. The number of fused-ring (bicyclic) bond motifs is 1. The molecule has 32 heavy (non-hydrogen) atoms. The zero-order chi connectivity index (χ0) is 23.1. The number of carbonyl (C=O) groups is 2. The number of hydrogen-bond acceptors (Lipinski definition) is 7. The van der Waals surface area contributed by atoms with Gasteiger partial charge in [0.2, 0.25) is 10.0 Å². The number of amides is 1. The van der Waals surface area contributed by atoms with E-state index in [9.17, 15) is 18.0 Å². The van der Waals surface area contributed by atoms with Gasteiger partial charge in [0.25, 0.3) is 5.91 Å². The standard InChI is InChI=1S/C22H26N2O7S/c1-16(2)24(17-7-4-3-5-8-17)21(25)15-31-22(26)14-23-32(27,28)18-9-10-19-20(13-18)30-12-6-11-29-19/h3-5,7-10,13,16,23H,6,11-12,14-15H2,1-2H3. The first-order valence-corrected chi connectivity index (χ1v) is 11.7. The lowest BCUT2D eigenvalue weighted by Crippen LogP contribution is -2.40. The van der Waals surface area contributed by atoms with E-state index >= 15 is 0 Å². The van der Waals surface area contributed by atoms with E-state index in [1.54, 1.807) is 24.3 Å². The Balaban J connectivity index is 1.56. The fourth-order valence-corrected chi connectivity index (χ4v) is 4.11. The molecule has 1 heterocycles. The summed E-state index contributed by atoms with van der Waals surface area (Å²) in [5.41, 5.74) is 0.679. The van der Waals surface area contributed by atoms with E-state index < -0.39 is 35.1 Å². The number of benzene rings is 2. The number of hydrogen-bond donors (Lipinski definition) is 1. The number of nitrogens with one attached hydrogen (secondary N) is 1. The smallest absolute Gasteiger partial charge is 0.321 e. The molecule has 0 radical (unpaired) electrons. The first-order chi connectivity index (χ1) is 15.3. The minimum atomic E-state index is -3.99. The lowest BCUT2D eigenvalue weighted by molar-refractivity contribution is -0.146. The van der Waals surface area contributed by atoms with Crippen LogP contribution >= 0.6 is 0 Å². The van der Waals surface area contributed by atoms with Crippen LogP contribution in [0.3, 0.4) is 0 Å². The zero-order valence-electron chi connectivity index (χ0n) is 17.9. The Bertz CT molecular complexity index is 1060. The number of anilines is 1. The van der Waals surface area contributed by atoms with Gasteiger partial charge in [-0.25, -0.2) is 8.42 Å². The van der Waals surface area contributed by atoms with Crippen molar-refractivity contribution in [2.75, 3.05) is 31.3 Å². The Morgan fingerprint density at radius 3 is 2.44 bits per heavy atom. The molecule has 0 atom stereocenters. The number of ether oxygens (including phenoxy) is 3. The summed E-state index contributed by atoms with van der Waals surface area (Å²) in [7, 11) is -3.99. The maximum absolute atomic E-state index is 12.6. The van der Waals surface area contributed by atoms with Crippen LogP contribution in [0.25, 0.3) is 0 Å². The first-order valence-electron chi connectivity index (χ1n) is 10.2. The van der Waals surface area contributed by atoms with Crippen molar-refractivity contribution in [1.29, 1.82) is 0 Å². The summed E-state index contributed by atoms with van der Waals surface area (Å²) >= 11 is 0. The van der Waals surface area contributed by atoms with Crippen LogP contribution in [-0.2, 0) is 24.3 Å². The van der Waals surface area contributed by atoms with Crippen LogP contribution in [-0.4, -0.2) is 52.7 Å². The Kier molecular flexibility index (Phi) is 7.70. The van der Waals surface area contributed by atoms with E-state index in [0.717, 1.165) is 0 Å². The van der Waals surface area contributed by atoms with Crippen molar-refractivity contribution in [3.05, 3.63) is 48.5 Å². The van der Waals surface area contributed by atoms with Crippen molar-refractivity contribution in [2.45, 2.75) is 31.2 Å². The molecule has 1 aliphatic rings. The van der Waals surface area contributed by atoms with Gasteiger partial charge in [0, 0.05) is 24.2 Å². The molecule has 0 fully saturated rings. The normalized spacial score (nSPS) is 13.3. The second-order valence-corrected chi connectivity index (χ2v) is 9.10. The summed E-state index contributed by atoms with van der Waals surface area (Å²) in [6, 6.07) is 13.1. The molecule has 0 saturated heterocycles. The maximum atomic E-state index is 12.6. The molecule has 1 amide bonds. The predicted octanol–water partition coefficient (Wildman–Crippen LogP) is 2.11. The van der Waals surface area contributed by atoms with Crippen molar-refractivity contribution in [2.24, 2.45) is 0 Å². The molecule has 0 bridgehead atoms. The molecule has 1 N–H and O–H groups in total. The SMILES string of the molecule is CC(C)N(C(=O)COC(=O)CNS(=O)(=O)c1ccc2c(c1)OCCCO2)c1ccccc1. The van der Waals surface area contributed by atoms with Gasteiger partial charge >= 0.3 is 5.97 Å². The summed E-state index contributed by atoms with van der Waals surface area (Å²) in [5.74, 6) is -0.487. The molecule has 10 heteroatoms. The van der Waals surface area contributed by atoms with Gasteiger partial charge in [0.1, 0.15) is 6.54 Å². The lowest BCUT2D eigenvalue weighted by atomic mass is 10.2. The quantitative estimate of drug-likeness (QED) is 0.598. The second-order valence-electron chi connectivity index (χ2n) is 7.34. The first kappa shape index (κ1) is 23.6. The molecule has 0 saturated carbocycles. The fraction of sp³-hybridized carbons (Fsp3) is 0.364. The third kappa shape index (κ3) is 5.98. The van der Waals surface area contributed by atoms with E-state index in [1.165, 1.54) is 23.1 Å². The highest BCUT2D eigenvalue weighted by Crippen LogP contribution is 2.31. The molecule has 2 aromatic carbocycles. The summed E-state index contributed by atoms with van der Waals surface area (Å²) < 4.78 is 43.2. The average molecular weight is 463 g/mol. The lowest BCUT2D eigenvalue weighted by Gasteiger charge is -2.26. The van der Waals surface area contributed by atoms with E-state index in [1.807, 2.05) is 19.9 Å². The van der Waals surface area contributed by atoms with Crippen molar-refractivity contribution in [3.8, 4) is 11.5 Å². The van der Waals surface area contributed by atoms with Crippen molar-refractivity contribution in [1.82, 2.24) is 4.72 Å². The number of esters is 1. The van der Waals surface area contributed by atoms with Gasteiger partial charge in [-0.1, -0.05) is 18.2 Å². The second kappa shape index (κ2) is 10.5. The van der Waals surface area contributed by atoms with Crippen LogP contribution in [0.5, 0.6) is 11.5 Å².